The van der Waals surface area contributed by atoms with Gasteiger partial charge in [0, 0.05) is 30.2 Å². The Hall–Kier alpha value is -5.78. The standard InChI is InChI=1S/C34H34O12/c35-25-6-19(7-26(36)14-25)4-21(2-1-3-45-33(43)22-10-29(39)16-30(40)11-22)24(5-20-8-27(37)15-28(38)9-20)18-46-34(44)23-12-31(41)17-32(42)13-23/h6-17,21,24,35-42H,1-5,18H2/t21-,24+/m0/s1. The Balaban J connectivity index is 1.57. The van der Waals surface area contributed by atoms with Gasteiger partial charge in [0.25, 0.3) is 0 Å². The molecule has 0 saturated carbocycles. The summed E-state index contributed by atoms with van der Waals surface area (Å²) in [6.45, 7) is -0.247. The van der Waals surface area contributed by atoms with Crippen LogP contribution in [0.15, 0.2) is 72.8 Å². The maximum atomic E-state index is 12.9. The van der Waals surface area contributed by atoms with Crippen molar-refractivity contribution in [1.82, 2.24) is 0 Å². The molecule has 0 aliphatic rings. The van der Waals surface area contributed by atoms with E-state index in [1.165, 1.54) is 36.4 Å². The number of ether oxygens (including phenoxy) is 2. The SMILES string of the molecule is O=C(OCCC[C@@H](Cc1cc(O)cc(O)c1)[C@@H](COC(=O)c1cc(O)cc(O)c1)Cc1cc(O)cc(O)c1)c1cc(O)cc(O)c1. The summed E-state index contributed by atoms with van der Waals surface area (Å²) in [6, 6.07) is 14.9. The second kappa shape index (κ2) is 14.8. The van der Waals surface area contributed by atoms with Gasteiger partial charge in [-0.1, -0.05) is 0 Å². The van der Waals surface area contributed by atoms with Gasteiger partial charge in [-0.05, 0) is 91.3 Å². The zero-order valence-corrected chi connectivity index (χ0v) is 24.5. The van der Waals surface area contributed by atoms with Crippen LogP contribution in [0.2, 0.25) is 0 Å². The van der Waals surface area contributed by atoms with E-state index < -0.39 is 17.9 Å². The van der Waals surface area contributed by atoms with Crippen LogP contribution in [0.3, 0.4) is 0 Å². The summed E-state index contributed by atoms with van der Waals surface area (Å²) in [4.78, 5) is 25.4. The minimum absolute atomic E-state index is 0.0456. The molecule has 12 heteroatoms. The molecule has 0 heterocycles. The first-order chi connectivity index (χ1) is 21.8. The second-order valence-corrected chi connectivity index (χ2v) is 11.0. The smallest absolute Gasteiger partial charge is 0.338 e. The molecule has 4 rings (SSSR count). The van der Waals surface area contributed by atoms with Crippen molar-refractivity contribution >= 4 is 11.9 Å². The van der Waals surface area contributed by atoms with E-state index in [4.69, 9.17) is 9.47 Å². The Bertz CT molecular complexity index is 1620. The fraction of sp³-hybridized carbons (Fsp3) is 0.235. The number of benzene rings is 4. The van der Waals surface area contributed by atoms with Gasteiger partial charge in [0.15, 0.2) is 0 Å². The zero-order chi connectivity index (χ0) is 33.4. The lowest BCUT2D eigenvalue weighted by atomic mass is 9.80. The van der Waals surface area contributed by atoms with Gasteiger partial charge in [0.1, 0.15) is 46.0 Å². The quantitative estimate of drug-likeness (QED) is 0.0732. The Morgan fingerprint density at radius 2 is 0.826 bits per heavy atom. The van der Waals surface area contributed by atoms with Gasteiger partial charge < -0.3 is 50.3 Å². The molecule has 2 atom stereocenters. The Labute approximate surface area is 263 Å². The van der Waals surface area contributed by atoms with Crippen molar-refractivity contribution in [3.8, 4) is 46.0 Å². The highest BCUT2D eigenvalue weighted by molar-refractivity contribution is 5.91. The van der Waals surface area contributed by atoms with Crippen LogP contribution in [0, 0.1) is 11.8 Å². The highest BCUT2D eigenvalue weighted by Crippen LogP contribution is 2.32. The van der Waals surface area contributed by atoms with Crippen LogP contribution in [0.25, 0.3) is 0 Å². The Kier molecular flexibility index (Phi) is 10.7. The summed E-state index contributed by atoms with van der Waals surface area (Å²) < 4.78 is 11.0. The third kappa shape index (κ3) is 9.61. The predicted molar refractivity (Wildman–Crippen MR) is 163 cm³/mol. The van der Waals surface area contributed by atoms with Crippen LogP contribution in [-0.4, -0.2) is 66.0 Å². The zero-order valence-electron chi connectivity index (χ0n) is 24.5. The van der Waals surface area contributed by atoms with E-state index >= 15 is 0 Å². The van der Waals surface area contributed by atoms with E-state index in [0.717, 1.165) is 36.4 Å². The molecule has 8 N–H and O–H groups in total. The summed E-state index contributed by atoms with van der Waals surface area (Å²) in [5.74, 6) is -4.44. The molecule has 4 aromatic carbocycles. The fourth-order valence-electron chi connectivity index (χ4n) is 5.31. The first kappa shape index (κ1) is 33.1. The van der Waals surface area contributed by atoms with Gasteiger partial charge in [-0.25, -0.2) is 9.59 Å². The Morgan fingerprint density at radius 3 is 1.24 bits per heavy atom. The average molecular weight is 635 g/mol. The summed E-state index contributed by atoms with van der Waals surface area (Å²) in [7, 11) is 0. The minimum Gasteiger partial charge on any atom is -0.508 e. The van der Waals surface area contributed by atoms with E-state index in [1.54, 1.807) is 0 Å². The molecule has 0 spiro atoms. The van der Waals surface area contributed by atoms with Crippen LogP contribution < -0.4 is 0 Å². The van der Waals surface area contributed by atoms with Crippen molar-refractivity contribution in [2.75, 3.05) is 13.2 Å². The van der Waals surface area contributed by atoms with E-state index in [1.807, 2.05) is 0 Å². The molecule has 0 fully saturated rings. The molecule has 0 aliphatic heterocycles. The van der Waals surface area contributed by atoms with Crippen molar-refractivity contribution in [2.24, 2.45) is 11.8 Å². The first-order valence-electron chi connectivity index (χ1n) is 14.3. The summed E-state index contributed by atoms with van der Waals surface area (Å²) in [6.07, 6.45) is 1.13. The maximum Gasteiger partial charge on any atom is 0.338 e. The number of rotatable bonds is 13. The molecule has 12 nitrogen and oxygen atoms in total. The van der Waals surface area contributed by atoms with Crippen LogP contribution in [-0.2, 0) is 22.3 Å². The topological polar surface area (TPSA) is 214 Å². The second-order valence-electron chi connectivity index (χ2n) is 11.0. The molecule has 46 heavy (non-hydrogen) atoms. The maximum absolute atomic E-state index is 12.9. The van der Waals surface area contributed by atoms with Gasteiger partial charge in [-0.15, -0.1) is 0 Å². The number of hydrogen-bond donors (Lipinski definition) is 8. The van der Waals surface area contributed by atoms with Crippen LogP contribution in [0.4, 0.5) is 0 Å². The molecule has 0 aromatic heterocycles. The monoisotopic (exact) mass is 634 g/mol. The first-order valence-corrected chi connectivity index (χ1v) is 14.3. The van der Waals surface area contributed by atoms with Gasteiger partial charge >= 0.3 is 11.9 Å². The highest BCUT2D eigenvalue weighted by Gasteiger charge is 2.26. The number of hydrogen-bond acceptors (Lipinski definition) is 12. The van der Waals surface area contributed by atoms with E-state index in [-0.39, 0.29) is 89.1 Å². The lowest BCUT2D eigenvalue weighted by Crippen LogP contribution is -2.26. The highest BCUT2D eigenvalue weighted by atomic mass is 16.5. The molecule has 0 radical (unpaired) electrons. The largest absolute Gasteiger partial charge is 0.508 e. The molecule has 0 amide bonds. The normalized spacial score (nSPS) is 12.3. The number of esters is 2. The molecule has 242 valence electrons. The average Bonchev–Trinajstić information content (AvgIpc) is 2.94. The molecule has 0 unspecified atom stereocenters. The minimum atomic E-state index is -0.827. The van der Waals surface area contributed by atoms with Crippen LogP contribution in [0.1, 0.15) is 44.7 Å². The van der Waals surface area contributed by atoms with Crippen molar-refractivity contribution in [2.45, 2.75) is 25.7 Å². The fourth-order valence-corrected chi connectivity index (χ4v) is 5.31. The van der Waals surface area contributed by atoms with E-state index in [9.17, 15) is 50.4 Å². The molecule has 0 aliphatic carbocycles. The summed E-state index contributed by atoms with van der Waals surface area (Å²) in [5, 5.41) is 79.3. The van der Waals surface area contributed by atoms with Gasteiger partial charge in [-0.3, -0.25) is 0 Å². The van der Waals surface area contributed by atoms with E-state index in [0.29, 0.717) is 24.0 Å². The molecule has 4 aromatic rings. The molecule has 0 bridgehead atoms. The van der Waals surface area contributed by atoms with Crippen molar-refractivity contribution < 1.29 is 59.9 Å². The third-order valence-corrected chi connectivity index (χ3v) is 7.24. The van der Waals surface area contributed by atoms with E-state index in [2.05, 4.69) is 0 Å². The van der Waals surface area contributed by atoms with Gasteiger partial charge in [0.05, 0.1) is 24.3 Å². The molecular weight excluding hydrogens is 600 g/mol. The molecule has 0 saturated heterocycles. The van der Waals surface area contributed by atoms with Gasteiger partial charge in [0.2, 0.25) is 0 Å². The number of phenols is 8. The third-order valence-electron chi connectivity index (χ3n) is 7.24. The van der Waals surface area contributed by atoms with Gasteiger partial charge in [-0.2, -0.15) is 0 Å². The summed E-state index contributed by atoms with van der Waals surface area (Å²) >= 11 is 0. The van der Waals surface area contributed by atoms with Crippen molar-refractivity contribution in [3.63, 3.8) is 0 Å². The molecular formula is C34H34O12. The van der Waals surface area contributed by atoms with Crippen LogP contribution in [0.5, 0.6) is 46.0 Å². The number of carbonyl (C=O) groups is 2. The van der Waals surface area contributed by atoms with Crippen molar-refractivity contribution in [3.05, 3.63) is 95.1 Å². The van der Waals surface area contributed by atoms with Crippen molar-refractivity contribution in [1.29, 1.82) is 0 Å². The summed E-state index contributed by atoms with van der Waals surface area (Å²) in [5.41, 5.74) is 0.941. The Morgan fingerprint density at radius 1 is 0.478 bits per heavy atom. The number of carbonyl (C=O) groups excluding carboxylic acids is 2. The van der Waals surface area contributed by atoms with Crippen LogP contribution >= 0.6 is 0 Å². The number of aromatic hydroxyl groups is 8. The lowest BCUT2D eigenvalue weighted by molar-refractivity contribution is 0.0361. The number of phenolic OH excluding ortho intramolecular Hbond substituents is 8. The predicted octanol–water partition coefficient (Wildman–Crippen LogP) is 4.84. The lowest BCUT2D eigenvalue weighted by Gasteiger charge is -2.28.